The number of pyridine rings is 1. The molecule has 5 heteroatoms. The third kappa shape index (κ3) is 4.06. The standard InChI is InChI=1S/C19H21N3O2/c23-18(16-5-2-1-3-6-16)8-10-21-11-13-22(14-12-21)19(24)17-7-4-9-20-15-17/h1-7,9,15H,8,10-14H2. The summed E-state index contributed by atoms with van der Waals surface area (Å²) < 4.78 is 0. The zero-order valence-corrected chi connectivity index (χ0v) is 13.6. The van der Waals surface area contributed by atoms with Gasteiger partial charge in [-0.15, -0.1) is 0 Å². The second-order valence-corrected chi connectivity index (χ2v) is 5.91. The Kier molecular flexibility index (Phi) is 5.33. The van der Waals surface area contributed by atoms with Crippen molar-refractivity contribution in [2.75, 3.05) is 32.7 Å². The Hall–Kier alpha value is -2.53. The smallest absolute Gasteiger partial charge is 0.255 e. The lowest BCUT2D eigenvalue weighted by molar-refractivity contribution is 0.0628. The lowest BCUT2D eigenvalue weighted by Crippen LogP contribution is -2.49. The van der Waals surface area contributed by atoms with Crippen LogP contribution in [0.2, 0.25) is 0 Å². The molecule has 2 heterocycles. The third-order valence-electron chi connectivity index (χ3n) is 4.32. The van der Waals surface area contributed by atoms with Crippen LogP contribution in [-0.2, 0) is 0 Å². The van der Waals surface area contributed by atoms with Crippen molar-refractivity contribution >= 4 is 11.7 Å². The number of carbonyl (C=O) groups excluding carboxylic acids is 2. The molecule has 0 aliphatic carbocycles. The maximum absolute atomic E-state index is 12.4. The Labute approximate surface area is 141 Å². The Balaban J connectivity index is 1.46. The average molecular weight is 323 g/mol. The van der Waals surface area contributed by atoms with Crippen molar-refractivity contribution in [3.05, 3.63) is 66.0 Å². The summed E-state index contributed by atoms with van der Waals surface area (Å²) in [4.78, 5) is 32.6. The van der Waals surface area contributed by atoms with E-state index < -0.39 is 0 Å². The molecule has 1 aliphatic heterocycles. The van der Waals surface area contributed by atoms with Crippen LogP contribution in [0.25, 0.3) is 0 Å². The predicted molar refractivity (Wildman–Crippen MR) is 92.0 cm³/mol. The number of nitrogens with zero attached hydrogens (tertiary/aromatic N) is 3. The highest BCUT2D eigenvalue weighted by Gasteiger charge is 2.22. The molecule has 0 bridgehead atoms. The maximum atomic E-state index is 12.4. The summed E-state index contributed by atoms with van der Waals surface area (Å²) in [6.07, 6.45) is 3.78. The SMILES string of the molecule is O=C(CCN1CCN(C(=O)c2cccnc2)CC1)c1ccccc1. The molecule has 1 saturated heterocycles. The van der Waals surface area contributed by atoms with Crippen LogP contribution in [0.1, 0.15) is 27.1 Å². The summed E-state index contributed by atoms with van der Waals surface area (Å²) in [5, 5.41) is 0. The summed E-state index contributed by atoms with van der Waals surface area (Å²) >= 11 is 0. The lowest BCUT2D eigenvalue weighted by atomic mass is 10.1. The highest BCUT2D eigenvalue weighted by atomic mass is 16.2. The minimum atomic E-state index is 0.0307. The molecule has 0 atom stereocenters. The van der Waals surface area contributed by atoms with E-state index in [1.165, 1.54) is 0 Å². The number of hydrogen-bond donors (Lipinski definition) is 0. The Morgan fingerprint density at radius 3 is 2.29 bits per heavy atom. The summed E-state index contributed by atoms with van der Waals surface area (Å²) in [7, 11) is 0. The van der Waals surface area contributed by atoms with Gasteiger partial charge in [0.1, 0.15) is 0 Å². The van der Waals surface area contributed by atoms with Crippen molar-refractivity contribution in [3.8, 4) is 0 Å². The van der Waals surface area contributed by atoms with Gasteiger partial charge in [0.2, 0.25) is 0 Å². The van der Waals surface area contributed by atoms with Crippen LogP contribution in [0.4, 0.5) is 0 Å². The molecule has 124 valence electrons. The zero-order valence-electron chi connectivity index (χ0n) is 13.6. The van der Waals surface area contributed by atoms with E-state index in [1.807, 2.05) is 35.2 Å². The highest BCUT2D eigenvalue weighted by molar-refractivity contribution is 5.96. The van der Waals surface area contributed by atoms with Gasteiger partial charge in [0.05, 0.1) is 5.56 Å². The Morgan fingerprint density at radius 2 is 1.62 bits per heavy atom. The van der Waals surface area contributed by atoms with E-state index in [4.69, 9.17) is 0 Å². The van der Waals surface area contributed by atoms with Gasteiger partial charge < -0.3 is 4.90 Å². The molecule has 1 fully saturated rings. The van der Waals surface area contributed by atoms with Gasteiger partial charge in [-0.25, -0.2) is 0 Å². The van der Waals surface area contributed by atoms with E-state index >= 15 is 0 Å². The fourth-order valence-electron chi connectivity index (χ4n) is 2.87. The van der Waals surface area contributed by atoms with Gasteiger partial charge in [0.15, 0.2) is 5.78 Å². The van der Waals surface area contributed by atoms with Crippen LogP contribution in [-0.4, -0.2) is 59.2 Å². The van der Waals surface area contributed by atoms with Gasteiger partial charge in [-0.3, -0.25) is 19.5 Å². The first-order chi connectivity index (χ1) is 11.7. The normalized spacial score (nSPS) is 15.2. The van der Waals surface area contributed by atoms with Crippen molar-refractivity contribution in [1.29, 1.82) is 0 Å². The van der Waals surface area contributed by atoms with Crippen LogP contribution < -0.4 is 0 Å². The van der Waals surface area contributed by atoms with Crippen molar-refractivity contribution in [2.24, 2.45) is 0 Å². The molecule has 1 aromatic carbocycles. The van der Waals surface area contributed by atoms with Gasteiger partial charge in [-0.05, 0) is 12.1 Å². The lowest BCUT2D eigenvalue weighted by Gasteiger charge is -2.34. The number of ketones is 1. The van der Waals surface area contributed by atoms with Crippen LogP contribution in [0.5, 0.6) is 0 Å². The number of hydrogen-bond acceptors (Lipinski definition) is 4. The Bertz CT molecular complexity index is 680. The van der Waals surface area contributed by atoms with Crippen molar-refractivity contribution in [2.45, 2.75) is 6.42 Å². The summed E-state index contributed by atoms with van der Waals surface area (Å²) in [5.74, 6) is 0.201. The van der Waals surface area contributed by atoms with Gasteiger partial charge >= 0.3 is 0 Å². The second-order valence-electron chi connectivity index (χ2n) is 5.91. The first-order valence-corrected chi connectivity index (χ1v) is 8.24. The number of aromatic nitrogens is 1. The molecule has 1 aromatic heterocycles. The van der Waals surface area contributed by atoms with Crippen LogP contribution >= 0.6 is 0 Å². The quantitative estimate of drug-likeness (QED) is 0.791. The first-order valence-electron chi connectivity index (χ1n) is 8.24. The number of amides is 1. The van der Waals surface area contributed by atoms with Crippen molar-refractivity contribution in [3.63, 3.8) is 0 Å². The molecule has 1 amide bonds. The minimum Gasteiger partial charge on any atom is -0.336 e. The van der Waals surface area contributed by atoms with E-state index in [-0.39, 0.29) is 11.7 Å². The fraction of sp³-hybridized carbons (Fsp3) is 0.316. The van der Waals surface area contributed by atoms with E-state index in [0.717, 1.165) is 25.2 Å². The van der Waals surface area contributed by atoms with Crippen molar-refractivity contribution in [1.82, 2.24) is 14.8 Å². The van der Waals surface area contributed by atoms with E-state index in [9.17, 15) is 9.59 Å². The molecule has 0 spiro atoms. The second kappa shape index (κ2) is 7.84. The van der Waals surface area contributed by atoms with Gasteiger partial charge in [-0.1, -0.05) is 30.3 Å². The van der Waals surface area contributed by atoms with E-state index in [2.05, 4.69) is 9.88 Å². The topological polar surface area (TPSA) is 53.5 Å². The van der Waals surface area contributed by atoms with Crippen LogP contribution in [0, 0.1) is 0 Å². The average Bonchev–Trinajstić information content (AvgIpc) is 2.67. The molecule has 0 saturated carbocycles. The van der Waals surface area contributed by atoms with Crippen LogP contribution in [0.3, 0.4) is 0 Å². The Morgan fingerprint density at radius 1 is 0.917 bits per heavy atom. The molecule has 1 aliphatic rings. The third-order valence-corrected chi connectivity index (χ3v) is 4.32. The summed E-state index contributed by atoms with van der Waals surface area (Å²) in [5.41, 5.74) is 1.40. The minimum absolute atomic E-state index is 0.0307. The van der Waals surface area contributed by atoms with Gasteiger partial charge in [0.25, 0.3) is 5.91 Å². The monoisotopic (exact) mass is 323 g/mol. The first kappa shape index (κ1) is 16.3. The number of Topliss-reactive ketones (excluding diaryl/α,β-unsaturated/α-hetero) is 1. The van der Waals surface area contributed by atoms with Gasteiger partial charge in [-0.2, -0.15) is 0 Å². The molecule has 5 nitrogen and oxygen atoms in total. The van der Waals surface area contributed by atoms with E-state index in [0.29, 0.717) is 25.1 Å². The number of benzene rings is 1. The number of rotatable bonds is 5. The van der Waals surface area contributed by atoms with Crippen LogP contribution in [0.15, 0.2) is 54.9 Å². The number of carbonyl (C=O) groups is 2. The van der Waals surface area contributed by atoms with E-state index in [1.54, 1.807) is 24.5 Å². The summed E-state index contributed by atoms with van der Waals surface area (Å²) in [6.45, 7) is 3.71. The molecule has 0 unspecified atom stereocenters. The molecular weight excluding hydrogens is 302 g/mol. The summed E-state index contributed by atoms with van der Waals surface area (Å²) in [6, 6.07) is 13.0. The molecule has 0 N–H and O–H groups in total. The number of piperazine rings is 1. The predicted octanol–water partition coefficient (Wildman–Crippen LogP) is 2.11. The largest absolute Gasteiger partial charge is 0.336 e. The zero-order chi connectivity index (χ0) is 16.8. The molecule has 24 heavy (non-hydrogen) atoms. The fourth-order valence-corrected chi connectivity index (χ4v) is 2.87. The molecule has 2 aromatic rings. The highest BCUT2D eigenvalue weighted by Crippen LogP contribution is 2.09. The maximum Gasteiger partial charge on any atom is 0.255 e. The molecular formula is C19H21N3O2. The molecule has 0 radical (unpaired) electrons. The molecule has 3 rings (SSSR count). The van der Waals surface area contributed by atoms with Crippen molar-refractivity contribution < 1.29 is 9.59 Å². The van der Waals surface area contributed by atoms with Gasteiger partial charge in [0, 0.05) is 57.1 Å².